The predicted octanol–water partition coefficient (Wildman–Crippen LogP) is 2.74. The molecule has 1 aromatic rings. The molecule has 0 unspecified atom stereocenters. The normalized spacial score (nSPS) is 24.3. The number of aromatic amines is 1. The highest BCUT2D eigenvalue weighted by molar-refractivity contribution is 5.11. The maximum Gasteiger partial charge on any atom is 0.0535 e. The second kappa shape index (κ2) is 3.97. The summed E-state index contributed by atoms with van der Waals surface area (Å²) in [5, 5.41) is 6.98. The van der Waals surface area contributed by atoms with Gasteiger partial charge in [0.1, 0.15) is 0 Å². The fourth-order valence-corrected chi connectivity index (χ4v) is 2.52. The molecule has 0 bridgehead atoms. The highest BCUT2D eigenvalue weighted by Gasteiger charge is 2.32. The van der Waals surface area contributed by atoms with Crippen LogP contribution in [0.3, 0.4) is 0 Å². The van der Waals surface area contributed by atoms with Crippen molar-refractivity contribution in [3.63, 3.8) is 0 Å². The van der Waals surface area contributed by atoms with Gasteiger partial charge in [0.05, 0.1) is 6.20 Å². The third-order valence-electron chi connectivity index (χ3n) is 3.27. The van der Waals surface area contributed by atoms with Crippen LogP contribution in [0.1, 0.15) is 51.6 Å². The first kappa shape index (κ1) is 10.7. The largest absolute Gasteiger partial charge is 0.291 e. The average Bonchev–Trinajstić information content (AvgIpc) is 2.69. The molecule has 0 amide bonds. The van der Waals surface area contributed by atoms with Gasteiger partial charge in [-0.3, -0.25) is 10.00 Å². The highest BCUT2D eigenvalue weighted by atomic mass is 15.2. The van der Waals surface area contributed by atoms with Crippen LogP contribution in [0, 0.1) is 0 Å². The van der Waals surface area contributed by atoms with Gasteiger partial charge in [-0.15, -0.1) is 0 Å². The van der Waals surface area contributed by atoms with E-state index in [1.165, 1.54) is 31.4 Å². The van der Waals surface area contributed by atoms with Crippen LogP contribution in [-0.4, -0.2) is 27.2 Å². The van der Waals surface area contributed by atoms with Crippen LogP contribution in [0.25, 0.3) is 0 Å². The number of hydrogen-bond donors (Lipinski definition) is 1. The molecule has 84 valence electrons. The standard InChI is InChI=1S/C12H21N3/c1-12(2,3)15-7-5-4-6-11(15)10-8-13-14-9-10/h8-9,11H,4-7H2,1-3H3,(H,13,14)/t11-/m1/s1. The molecule has 3 nitrogen and oxygen atoms in total. The summed E-state index contributed by atoms with van der Waals surface area (Å²) in [5.74, 6) is 0. The van der Waals surface area contributed by atoms with Crippen molar-refractivity contribution in [3.8, 4) is 0 Å². The van der Waals surface area contributed by atoms with Gasteiger partial charge in [0.15, 0.2) is 0 Å². The molecule has 0 saturated carbocycles. The molecule has 0 aromatic carbocycles. The van der Waals surface area contributed by atoms with E-state index >= 15 is 0 Å². The SMILES string of the molecule is CC(C)(C)N1CCCC[C@@H]1c1cn[nH]c1. The Hall–Kier alpha value is -0.830. The fourth-order valence-electron chi connectivity index (χ4n) is 2.52. The van der Waals surface area contributed by atoms with Gasteiger partial charge in [0, 0.05) is 23.3 Å². The van der Waals surface area contributed by atoms with Crippen molar-refractivity contribution in [2.24, 2.45) is 0 Å². The van der Waals surface area contributed by atoms with Crippen LogP contribution < -0.4 is 0 Å². The molecule has 15 heavy (non-hydrogen) atoms. The van der Waals surface area contributed by atoms with Gasteiger partial charge in [-0.25, -0.2) is 0 Å². The Morgan fingerprint density at radius 2 is 2.20 bits per heavy atom. The lowest BCUT2D eigenvalue weighted by atomic mass is 9.92. The van der Waals surface area contributed by atoms with Crippen LogP contribution in [0.15, 0.2) is 12.4 Å². The third-order valence-corrected chi connectivity index (χ3v) is 3.27. The van der Waals surface area contributed by atoms with Crippen LogP contribution in [0.5, 0.6) is 0 Å². The fraction of sp³-hybridized carbons (Fsp3) is 0.750. The molecule has 0 aliphatic carbocycles. The molecule has 2 rings (SSSR count). The Morgan fingerprint density at radius 3 is 2.80 bits per heavy atom. The average molecular weight is 207 g/mol. The quantitative estimate of drug-likeness (QED) is 0.768. The van der Waals surface area contributed by atoms with Crippen molar-refractivity contribution in [3.05, 3.63) is 18.0 Å². The number of nitrogens with zero attached hydrogens (tertiary/aromatic N) is 2. The first-order valence-electron chi connectivity index (χ1n) is 5.84. The molecular weight excluding hydrogens is 186 g/mol. The van der Waals surface area contributed by atoms with E-state index in [9.17, 15) is 0 Å². The molecule has 3 heteroatoms. The molecule has 1 aliphatic rings. The Balaban J connectivity index is 2.20. The van der Waals surface area contributed by atoms with Crippen LogP contribution in [-0.2, 0) is 0 Å². The highest BCUT2D eigenvalue weighted by Crippen LogP contribution is 2.35. The van der Waals surface area contributed by atoms with E-state index in [-0.39, 0.29) is 5.54 Å². The first-order valence-corrected chi connectivity index (χ1v) is 5.84. The maximum absolute atomic E-state index is 4.06. The van der Waals surface area contributed by atoms with E-state index in [1.807, 2.05) is 12.4 Å². The van der Waals surface area contributed by atoms with Gasteiger partial charge >= 0.3 is 0 Å². The molecule has 1 N–H and O–H groups in total. The minimum atomic E-state index is 0.252. The Kier molecular flexibility index (Phi) is 2.83. The summed E-state index contributed by atoms with van der Waals surface area (Å²) < 4.78 is 0. The zero-order valence-electron chi connectivity index (χ0n) is 9.95. The molecule has 0 radical (unpaired) electrons. The molecule has 1 aromatic heterocycles. The number of rotatable bonds is 1. The summed E-state index contributed by atoms with van der Waals surface area (Å²) in [7, 11) is 0. The van der Waals surface area contributed by atoms with Gasteiger partial charge in [0.25, 0.3) is 0 Å². The van der Waals surface area contributed by atoms with Crippen LogP contribution in [0.2, 0.25) is 0 Å². The molecular formula is C12H21N3. The van der Waals surface area contributed by atoms with Crippen molar-refractivity contribution < 1.29 is 0 Å². The minimum Gasteiger partial charge on any atom is -0.291 e. The number of aromatic nitrogens is 2. The number of H-pyrrole nitrogens is 1. The maximum atomic E-state index is 4.06. The van der Waals surface area contributed by atoms with Crippen molar-refractivity contribution in [2.75, 3.05) is 6.54 Å². The number of hydrogen-bond acceptors (Lipinski definition) is 2. The van der Waals surface area contributed by atoms with Gasteiger partial charge in [-0.05, 0) is 40.2 Å². The summed E-state index contributed by atoms with van der Waals surface area (Å²) in [6.07, 6.45) is 7.92. The van der Waals surface area contributed by atoms with Crippen molar-refractivity contribution in [1.29, 1.82) is 0 Å². The molecule has 0 spiro atoms. The Bertz CT molecular complexity index is 297. The van der Waals surface area contributed by atoms with Gasteiger partial charge in [-0.1, -0.05) is 6.42 Å². The van der Waals surface area contributed by atoms with E-state index in [1.54, 1.807) is 0 Å². The summed E-state index contributed by atoms with van der Waals surface area (Å²) in [5.41, 5.74) is 1.59. The van der Waals surface area contributed by atoms with E-state index in [0.29, 0.717) is 6.04 Å². The first-order chi connectivity index (χ1) is 7.09. The minimum absolute atomic E-state index is 0.252. The van der Waals surface area contributed by atoms with Gasteiger partial charge in [0.2, 0.25) is 0 Å². The number of nitrogens with one attached hydrogen (secondary N) is 1. The van der Waals surface area contributed by atoms with Crippen molar-refractivity contribution >= 4 is 0 Å². The molecule has 1 aliphatic heterocycles. The van der Waals surface area contributed by atoms with Gasteiger partial charge < -0.3 is 0 Å². The number of piperidine rings is 1. The lowest BCUT2D eigenvalue weighted by Gasteiger charge is -2.44. The zero-order chi connectivity index (χ0) is 10.9. The van der Waals surface area contributed by atoms with Crippen LogP contribution in [0.4, 0.5) is 0 Å². The lowest BCUT2D eigenvalue weighted by Crippen LogP contribution is -2.46. The molecule has 1 atom stereocenters. The van der Waals surface area contributed by atoms with E-state index in [0.717, 1.165) is 0 Å². The molecule has 1 fully saturated rings. The molecule has 1 saturated heterocycles. The van der Waals surface area contributed by atoms with Gasteiger partial charge in [-0.2, -0.15) is 5.10 Å². The Morgan fingerprint density at radius 1 is 1.40 bits per heavy atom. The molecule has 2 heterocycles. The zero-order valence-corrected chi connectivity index (χ0v) is 9.95. The monoisotopic (exact) mass is 207 g/mol. The topological polar surface area (TPSA) is 31.9 Å². The Labute approximate surface area is 91.9 Å². The lowest BCUT2D eigenvalue weighted by molar-refractivity contribution is 0.0509. The van der Waals surface area contributed by atoms with E-state index in [2.05, 4.69) is 35.9 Å². The summed E-state index contributed by atoms with van der Waals surface area (Å²) in [6.45, 7) is 8.10. The smallest absolute Gasteiger partial charge is 0.0535 e. The summed E-state index contributed by atoms with van der Waals surface area (Å²) in [4.78, 5) is 2.60. The van der Waals surface area contributed by atoms with Crippen molar-refractivity contribution in [1.82, 2.24) is 15.1 Å². The predicted molar refractivity (Wildman–Crippen MR) is 61.6 cm³/mol. The second-order valence-electron chi connectivity index (χ2n) is 5.41. The van der Waals surface area contributed by atoms with Crippen LogP contribution >= 0.6 is 0 Å². The second-order valence-corrected chi connectivity index (χ2v) is 5.41. The van der Waals surface area contributed by atoms with E-state index < -0.39 is 0 Å². The summed E-state index contributed by atoms with van der Waals surface area (Å²) in [6, 6.07) is 0.553. The van der Waals surface area contributed by atoms with Crippen molar-refractivity contribution in [2.45, 2.75) is 51.6 Å². The van der Waals surface area contributed by atoms with E-state index in [4.69, 9.17) is 0 Å². The summed E-state index contributed by atoms with van der Waals surface area (Å²) >= 11 is 0. The number of likely N-dealkylation sites (tertiary alicyclic amines) is 1. The third kappa shape index (κ3) is 2.23.